The molecule has 0 atom stereocenters. The van der Waals surface area contributed by atoms with E-state index in [0.29, 0.717) is 5.69 Å². The van der Waals surface area contributed by atoms with Gasteiger partial charge in [0.05, 0.1) is 11.3 Å². The van der Waals surface area contributed by atoms with Crippen LogP contribution in [-0.2, 0) is 0 Å². The number of hydrogen-bond acceptors (Lipinski definition) is 2. The van der Waals surface area contributed by atoms with Crippen molar-refractivity contribution in [3.05, 3.63) is 53.2 Å². The molecule has 0 aliphatic heterocycles. The van der Waals surface area contributed by atoms with Crippen LogP contribution >= 0.6 is 11.6 Å². The standard InChI is InChI=1S/C11H7ClFNO2/c12-8-6-7(3-4-9(8)13)14-11(15)10-2-1-5-16-10/h1-6H,(H,14,15). The summed E-state index contributed by atoms with van der Waals surface area (Å²) in [5.41, 5.74) is 0.410. The molecule has 0 saturated carbocycles. The lowest BCUT2D eigenvalue weighted by Gasteiger charge is -2.03. The maximum atomic E-state index is 12.8. The van der Waals surface area contributed by atoms with Crippen molar-refractivity contribution in [3.8, 4) is 0 Å². The minimum atomic E-state index is -0.530. The summed E-state index contributed by atoms with van der Waals surface area (Å²) in [6, 6.07) is 7.06. The van der Waals surface area contributed by atoms with Gasteiger partial charge >= 0.3 is 0 Å². The molecule has 82 valence electrons. The molecular formula is C11H7ClFNO2. The van der Waals surface area contributed by atoms with Gasteiger partial charge in [-0.25, -0.2) is 4.39 Å². The number of amides is 1. The fraction of sp³-hybridized carbons (Fsp3) is 0. The van der Waals surface area contributed by atoms with Crippen molar-refractivity contribution < 1.29 is 13.6 Å². The Kier molecular flexibility index (Phi) is 2.92. The molecule has 2 aromatic rings. The number of anilines is 1. The third kappa shape index (κ3) is 2.23. The van der Waals surface area contributed by atoms with E-state index in [1.54, 1.807) is 6.07 Å². The van der Waals surface area contributed by atoms with Crippen LogP contribution in [0, 0.1) is 5.82 Å². The van der Waals surface area contributed by atoms with Crippen molar-refractivity contribution in [1.82, 2.24) is 0 Å². The second kappa shape index (κ2) is 4.37. The normalized spacial score (nSPS) is 10.1. The molecule has 0 bridgehead atoms. The van der Waals surface area contributed by atoms with Crippen LogP contribution < -0.4 is 5.32 Å². The molecule has 0 aliphatic rings. The van der Waals surface area contributed by atoms with Gasteiger partial charge in [-0.2, -0.15) is 0 Å². The molecule has 1 amide bonds. The number of nitrogens with one attached hydrogen (secondary N) is 1. The predicted molar refractivity (Wildman–Crippen MR) is 58.1 cm³/mol. The van der Waals surface area contributed by atoms with Crippen molar-refractivity contribution >= 4 is 23.2 Å². The average Bonchev–Trinajstić information content (AvgIpc) is 2.77. The van der Waals surface area contributed by atoms with Gasteiger partial charge in [-0.3, -0.25) is 4.79 Å². The predicted octanol–water partition coefficient (Wildman–Crippen LogP) is 3.32. The number of carbonyl (C=O) groups excluding carboxylic acids is 1. The molecule has 5 heteroatoms. The van der Waals surface area contributed by atoms with Gasteiger partial charge in [0.25, 0.3) is 5.91 Å². The van der Waals surface area contributed by atoms with Gasteiger partial charge in [0.15, 0.2) is 5.76 Å². The van der Waals surface area contributed by atoms with Crippen LogP contribution in [0.15, 0.2) is 41.0 Å². The van der Waals surface area contributed by atoms with E-state index in [1.165, 1.54) is 30.5 Å². The largest absolute Gasteiger partial charge is 0.459 e. The second-order valence-electron chi connectivity index (χ2n) is 3.06. The third-order valence-corrected chi connectivity index (χ3v) is 2.21. The summed E-state index contributed by atoms with van der Waals surface area (Å²) in [6.45, 7) is 0. The fourth-order valence-electron chi connectivity index (χ4n) is 1.17. The zero-order chi connectivity index (χ0) is 11.5. The van der Waals surface area contributed by atoms with Crippen LogP contribution in [0.2, 0.25) is 5.02 Å². The van der Waals surface area contributed by atoms with E-state index in [0.717, 1.165) is 0 Å². The van der Waals surface area contributed by atoms with Crippen molar-refractivity contribution in [3.63, 3.8) is 0 Å². The molecule has 0 spiro atoms. The number of rotatable bonds is 2. The Labute approximate surface area is 95.8 Å². The van der Waals surface area contributed by atoms with E-state index in [9.17, 15) is 9.18 Å². The van der Waals surface area contributed by atoms with Crippen molar-refractivity contribution in [1.29, 1.82) is 0 Å². The first-order valence-electron chi connectivity index (χ1n) is 4.47. The van der Waals surface area contributed by atoms with Crippen LogP contribution in [0.3, 0.4) is 0 Å². The highest BCUT2D eigenvalue weighted by Gasteiger charge is 2.09. The molecule has 16 heavy (non-hydrogen) atoms. The number of furan rings is 1. The molecule has 1 N–H and O–H groups in total. The lowest BCUT2D eigenvalue weighted by atomic mass is 10.3. The maximum absolute atomic E-state index is 12.8. The first kappa shape index (κ1) is 10.7. The Morgan fingerprint density at radius 3 is 2.81 bits per heavy atom. The Hall–Kier alpha value is -1.81. The highest BCUT2D eigenvalue weighted by Crippen LogP contribution is 2.19. The minimum Gasteiger partial charge on any atom is -0.459 e. The average molecular weight is 240 g/mol. The van der Waals surface area contributed by atoms with E-state index < -0.39 is 11.7 Å². The zero-order valence-corrected chi connectivity index (χ0v) is 8.79. The lowest BCUT2D eigenvalue weighted by Crippen LogP contribution is -2.10. The van der Waals surface area contributed by atoms with Gasteiger partial charge in [-0.05, 0) is 30.3 Å². The highest BCUT2D eigenvalue weighted by atomic mass is 35.5. The summed E-state index contributed by atoms with van der Waals surface area (Å²) in [4.78, 5) is 11.5. The minimum absolute atomic E-state index is 0.0442. The topological polar surface area (TPSA) is 42.2 Å². The SMILES string of the molecule is O=C(Nc1ccc(F)c(Cl)c1)c1ccco1. The van der Waals surface area contributed by atoms with Crippen molar-refractivity contribution in [2.45, 2.75) is 0 Å². The first-order valence-corrected chi connectivity index (χ1v) is 4.84. The maximum Gasteiger partial charge on any atom is 0.291 e. The van der Waals surface area contributed by atoms with Crippen molar-refractivity contribution in [2.24, 2.45) is 0 Å². The van der Waals surface area contributed by atoms with Crippen molar-refractivity contribution in [2.75, 3.05) is 5.32 Å². The molecule has 0 radical (unpaired) electrons. The molecule has 0 fully saturated rings. The summed E-state index contributed by atoms with van der Waals surface area (Å²) in [5.74, 6) is -0.759. The van der Waals surface area contributed by atoms with Gasteiger partial charge in [-0.15, -0.1) is 0 Å². The quantitative estimate of drug-likeness (QED) is 0.874. The van der Waals surface area contributed by atoms with E-state index in [2.05, 4.69) is 5.32 Å². The summed E-state index contributed by atoms with van der Waals surface area (Å²) in [6.07, 6.45) is 1.40. The molecular weight excluding hydrogens is 233 g/mol. The Balaban J connectivity index is 2.15. The third-order valence-electron chi connectivity index (χ3n) is 1.92. The monoisotopic (exact) mass is 239 g/mol. The van der Waals surface area contributed by atoms with E-state index in [-0.39, 0.29) is 10.8 Å². The van der Waals surface area contributed by atoms with Gasteiger partial charge in [0.2, 0.25) is 0 Å². The van der Waals surface area contributed by atoms with Crippen LogP contribution in [0.1, 0.15) is 10.6 Å². The smallest absolute Gasteiger partial charge is 0.291 e. The van der Waals surface area contributed by atoms with Crippen LogP contribution in [-0.4, -0.2) is 5.91 Å². The van der Waals surface area contributed by atoms with E-state index in [1.807, 2.05) is 0 Å². The molecule has 3 nitrogen and oxygen atoms in total. The zero-order valence-electron chi connectivity index (χ0n) is 8.04. The fourth-order valence-corrected chi connectivity index (χ4v) is 1.35. The molecule has 1 heterocycles. The molecule has 1 aromatic heterocycles. The van der Waals surface area contributed by atoms with Gasteiger partial charge in [0, 0.05) is 5.69 Å². The van der Waals surface area contributed by atoms with E-state index >= 15 is 0 Å². The van der Waals surface area contributed by atoms with Crippen LogP contribution in [0.4, 0.5) is 10.1 Å². The van der Waals surface area contributed by atoms with E-state index in [4.69, 9.17) is 16.0 Å². The summed E-state index contributed by atoms with van der Waals surface area (Å²) in [7, 11) is 0. The summed E-state index contributed by atoms with van der Waals surface area (Å²) >= 11 is 5.57. The lowest BCUT2D eigenvalue weighted by molar-refractivity contribution is 0.0996. The molecule has 1 aromatic carbocycles. The highest BCUT2D eigenvalue weighted by molar-refractivity contribution is 6.31. The molecule has 2 rings (SSSR count). The number of benzene rings is 1. The van der Waals surface area contributed by atoms with Crippen LogP contribution in [0.25, 0.3) is 0 Å². The van der Waals surface area contributed by atoms with Gasteiger partial charge in [0.1, 0.15) is 5.82 Å². The number of carbonyl (C=O) groups is 1. The van der Waals surface area contributed by atoms with Gasteiger partial charge in [-0.1, -0.05) is 11.6 Å². The molecule has 0 aliphatic carbocycles. The molecule has 0 unspecified atom stereocenters. The first-order chi connectivity index (χ1) is 7.66. The number of hydrogen-bond donors (Lipinski definition) is 1. The Morgan fingerprint density at radius 1 is 1.38 bits per heavy atom. The molecule has 0 saturated heterocycles. The summed E-state index contributed by atoms with van der Waals surface area (Å²) in [5, 5.41) is 2.48. The summed E-state index contributed by atoms with van der Waals surface area (Å²) < 4.78 is 17.7. The Bertz CT molecular complexity index is 511. The number of halogens is 2. The van der Waals surface area contributed by atoms with Crippen LogP contribution in [0.5, 0.6) is 0 Å². The second-order valence-corrected chi connectivity index (χ2v) is 3.47. The van der Waals surface area contributed by atoms with Gasteiger partial charge < -0.3 is 9.73 Å². The Morgan fingerprint density at radius 2 is 2.19 bits per heavy atom.